The van der Waals surface area contributed by atoms with Crippen LogP contribution in [0.2, 0.25) is 0 Å². The smallest absolute Gasteiger partial charge is 0.323 e. The Balaban J connectivity index is 1.61. The zero-order chi connectivity index (χ0) is 23.0. The van der Waals surface area contributed by atoms with Crippen LogP contribution in [0.15, 0.2) is 40.7 Å². The summed E-state index contributed by atoms with van der Waals surface area (Å²) in [7, 11) is -3.98. The lowest BCUT2D eigenvalue weighted by atomic mass is 9.94. The molecule has 1 aliphatic rings. The first-order chi connectivity index (χ1) is 15.3. The van der Waals surface area contributed by atoms with Gasteiger partial charge in [0.05, 0.1) is 12.8 Å². The van der Waals surface area contributed by atoms with Crippen molar-refractivity contribution in [2.75, 3.05) is 24.2 Å². The number of amides is 2. The van der Waals surface area contributed by atoms with Crippen LogP contribution in [0.25, 0.3) is 0 Å². The van der Waals surface area contributed by atoms with E-state index in [0.717, 1.165) is 55.4 Å². The van der Waals surface area contributed by atoms with Crippen molar-refractivity contribution in [2.45, 2.75) is 48.8 Å². The summed E-state index contributed by atoms with van der Waals surface area (Å²) in [5.74, 6) is -1.68. The monoisotopic (exact) mass is 481 g/mol. The molecule has 0 aliphatic heterocycles. The van der Waals surface area contributed by atoms with E-state index in [1.165, 1.54) is 0 Å². The van der Waals surface area contributed by atoms with Gasteiger partial charge < -0.3 is 14.7 Å². The van der Waals surface area contributed by atoms with Crippen molar-refractivity contribution < 1.29 is 27.9 Å². The fourth-order valence-corrected chi connectivity index (χ4v) is 5.78. The fourth-order valence-electron chi connectivity index (χ4n) is 3.64. The quantitative estimate of drug-likeness (QED) is 0.496. The molecular weight excluding hydrogens is 454 g/mol. The molecule has 0 saturated heterocycles. The van der Waals surface area contributed by atoms with E-state index in [1.807, 2.05) is 30.3 Å². The molecule has 174 valence electrons. The molecule has 9 nitrogen and oxygen atoms in total. The van der Waals surface area contributed by atoms with Gasteiger partial charge in [0.25, 0.3) is 0 Å². The number of urea groups is 1. The molecule has 0 atom stereocenters. The van der Waals surface area contributed by atoms with Crippen LogP contribution in [0, 0.1) is 0 Å². The Bertz CT molecular complexity index is 1000. The van der Waals surface area contributed by atoms with Crippen LogP contribution in [-0.2, 0) is 14.6 Å². The summed E-state index contributed by atoms with van der Waals surface area (Å²) in [5, 5.41) is 11.6. The number of hydrogen-bond acceptors (Lipinski definition) is 7. The lowest BCUT2D eigenvalue weighted by Crippen LogP contribution is -2.44. The molecule has 1 aromatic heterocycles. The second-order valence-corrected chi connectivity index (χ2v) is 10.8. The van der Waals surface area contributed by atoms with Crippen LogP contribution in [0.3, 0.4) is 0 Å². The van der Waals surface area contributed by atoms with E-state index in [0.29, 0.717) is 19.6 Å². The summed E-state index contributed by atoms with van der Waals surface area (Å²) in [5.41, 5.74) is 0. The number of hydrogen-bond donors (Lipinski definition) is 2. The molecule has 1 fully saturated rings. The topological polar surface area (TPSA) is 126 Å². The number of nitrogens with zero attached hydrogens (tertiary/aromatic N) is 2. The molecule has 2 N–H and O–H groups in total. The van der Waals surface area contributed by atoms with Crippen molar-refractivity contribution in [1.29, 1.82) is 0 Å². The third kappa shape index (κ3) is 6.92. The highest BCUT2D eigenvalue weighted by atomic mass is 32.2. The van der Waals surface area contributed by atoms with Gasteiger partial charge >= 0.3 is 12.0 Å². The maximum absolute atomic E-state index is 13.0. The first-order valence-corrected chi connectivity index (χ1v) is 13.0. The number of carboxylic acid groups (broad SMARTS) is 1. The minimum Gasteiger partial charge on any atom is -0.494 e. The first kappa shape index (κ1) is 24.0. The van der Waals surface area contributed by atoms with Crippen molar-refractivity contribution in [2.24, 2.45) is 0 Å². The Kier molecular flexibility index (Phi) is 8.46. The summed E-state index contributed by atoms with van der Waals surface area (Å²) in [6.07, 6.45) is 6.84. The summed E-state index contributed by atoms with van der Waals surface area (Å²) in [6.45, 7) is 0.966. The van der Waals surface area contributed by atoms with Gasteiger partial charge in [0.15, 0.2) is 20.7 Å². The van der Waals surface area contributed by atoms with Gasteiger partial charge in [0.2, 0.25) is 0 Å². The number of nitrogens with one attached hydrogen (secondary N) is 1. The van der Waals surface area contributed by atoms with Crippen molar-refractivity contribution >= 4 is 38.3 Å². The maximum atomic E-state index is 13.0. The van der Waals surface area contributed by atoms with Crippen molar-refractivity contribution in [3.8, 4) is 5.75 Å². The highest BCUT2D eigenvalue weighted by molar-refractivity contribution is 7.94. The molecule has 1 saturated carbocycles. The van der Waals surface area contributed by atoms with E-state index in [4.69, 9.17) is 9.84 Å². The lowest BCUT2D eigenvalue weighted by Gasteiger charge is -2.34. The molecule has 2 aromatic rings. The standard InChI is InChI=1S/C21H27N3O6S2/c25-18(26)15-32(28,29)19-14-22-20(31-19)23-21(27)24(16-8-3-1-4-9-16)12-7-13-30-17-10-5-2-6-11-17/h2,5-6,10-11,14,16H,1,3-4,7-9,12-13,15H2,(H,25,26)(H,22,23,27). The van der Waals surface area contributed by atoms with Gasteiger partial charge in [-0.1, -0.05) is 48.8 Å². The van der Waals surface area contributed by atoms with Crippen LogP contribution in [-0.4, -0.2) is 60.4 Å². The summed E-state index contributed by atoms with van der Waals surface area (Å²) in [6, 6.07) is 9.24. The Hall–Kier alpha value is -2.66. The largest absolute Gasteiger partial charge is 0.494 e. The third-order valence-corrected chi connectivity index (χ3v) is 8.21. The number of para-hydroxylation sites is 1. The number of aromatic nitrogens is 1. The number of aliphatic carboxylic acids is 1. The second-order valence-electron chi connectivity index (χ2n) is 7.57. The molecule has 1 heterocycles. The fraction of sp³-hybridized carbons (Fsp3) is 0.476. The van der Waals surface area contributed by atoms with Gasteiger partial charge in [-0.05, 0) is 31.4 Å². The number of anilines is 1. The summed E-state index contributed by atoms with van der Waals surface area (Å²) >= 11 is 0.754. The molecule has 32 heavy (non-hydrogen) atoms. The Morgan fingerprint density at radius 2 is 1.91 bits per heavy atom. The lowest BCUT2D eigenvalue weighted by molar-refractivity contribution is -0.134. The van der Waals surface area contributed by atoms with Crippen molar-refractivity contribution in [3.63, 3.8) is 0 Å². The molecular formula is C21H27N3O6S2. The minimum atomic E-state index is -3.98. The molecule has 0 radical (unpaired) electrons. The predicted octanol–water partition coefficient (Wildman–Crippen LogP) is 3.64. The zero-order valence-electron chi connectivity index (χ0n) is 17.6. The SMILES string of the molecule is O=C(O)CS(=O)(=O)c1cnc(NC(=O)N(CCCOc2ccccc2)C2CCCCC2)s1. The molecule has 11 heteroatoms. The average molecular weight is 482 g/mol. The van der Waals surface area contributed by atoms with Crippen LogP contribution >= 0.6 is 11.3 Å². The van der Waals surface area contributed by atoms with E-state index in [1.54, 1.807) is 4.90 Å². The highest BCUT2D eigenvalue weighted by Gasteiger charge is 2.27. The zero-order valence-corrected chi connectivity index (χ0v) is 19.2. The molecule has 1 aliphatic carbocycles. The number of thiazole rings is 1. The molecule has 1 aromatic carbocycles. The molecule has 0 bridgehead atoms. The van der Waals surface area contributed by atoms with E-state index in [9.17, 15) is 18.0 Å². The molecule has 2 amide bonds. The number of benzene rings is 1. The average Bonchev–Trinajstić information content (AvgIpc) is 3.24. The first-order valence-electron chi connectivity index (χ1n) is 10.5. The Morgan fingerprint density at radius 1 is 1.19 bits per heavy atom. The van der Waals surface area contributed by atoms with Crippen LogP contribution < -0.4 is 10.1 Å². The van der Waals surface area contributed by atoms with Crippen LogP contribution in [0.1, 0.15) is 38.5 Å². The minimum absolute atomic E-state index is 0.107. The van der Waals surface area contributed by atoms with Gasteiger partial charge in [-0.2, -0.15) is 0 Å². The normalized spacial score (nSPS) is 14.6. The van der Waals surface area contributed by atoms with Crippen molar-refractivity contribution in [1.82, 2.24) is 9.88 Å². The second kappa shape index (κ2) is 11.3. The molecule has 3 rings (SSSR count). The van der Waals surface area contributed by atoms with Crippen LogP contribution in [0.4, 0.5) is 9.93 Å². The molecule has 0 spiro atoms. The van der Waals surface area contributed by atoms with E-state index in [2.05, 4.69) is 10.3 Å². The summed E-state index contributed by atoms with van der Waals surface area (Å²) < 4.78 is 29.7. The highest BCUT2D eigenvalue weighted by Crippen LogP contribution is 2.26. The van der Waals surface area contributed by atoms with Crippen molar-refractivity contribution in [3.05, 3.63) is 36.5 Å². The number of carbonyl (C=O) groups is 2. The number of sulfone groups is 1. The van der Waals surface area contributed by atoms with Crippen LogP contribution in [0.5, 0.6) is 5.75 Å². The predicted molar refractivity (Wildman–Crippen MR) is 121 cm³/mol. The van der Waals surface area contributed by atoms with Gasteiger partial charge in [0.1, 0.15) is 9.96 Å². The van der Waals surface area contributed by atoms with Gasteiger partial charge in [-0.25, -0.2) is 18.2 Å². The number of carboxylic acids is 1. The van der Waals surface area contributed by atoms with Gasteiger partial charge in [-0.3, -0.25) is 10.1 Å². The third-order valence-electron chi connectivity index (χ3n) is 5.15. The van der Waals surface area contributed by atoms with E-state index < -0.39 is 21.6 Å². The number of carbonyl (C=O) groups excluding carboxylic acids is 1. The van der Waals surface area contributed by atoms with E-state index in [-0.39, 0.29) is 21.4 Å². The number of rotatable bonds is 10. The number of ether oxygens (including phenoxy) is 1. The molecule has 0 unspecified atom stereocenters. The van der Waals surface area contributed by atoms with Gasteiger partial charge in [-0.15, -0.1) is 0 Å². The maximum Gasteiger partial charge on any atom is 0.323 e. The summed E-state index contributed by atoms with van der Waals surface area (Å²) in [4.78, 5) is 29.5. The Morgan fingerprint density at radius 3 is 2.59 bits per heavy atom. The Labute approximate surface area is 191 Å². The van der Waals surface area contributed by atoms with Gasteiger partial charge in [0, 0.05) is 12.6 Å². The van der Waals surface area contributed by atoms with E-state index >= 15 is 0 Å².